The van der Waals surface area contributed by atoms with Crippen LogP contribution in [0.25, 0.3) is 0 Å². The van der Waals surface area contributed by atoms with Gasteiger partial charge in [0, 0.05) is 18.4 Å². The number of alkyl halides is 2. The Balaban J connectivity index is 2.25. The Labute approximate surface area is 110 Å². The lowest BCUT2D eigenvalue weighted by molar-refractivity contribution is 0.0986. The summed E-state index contributed by atoms with van der Waals surface area (Å²) in [4.78, 5) is 0. The van der Waals surface area contributed by atoms with Crippen LogP contribution in [-0.4, -0.2) is 24.5 Å². The number of hydrogen-bond acceptors (Lipinski definition) is 1. The van der Waals surface area contributed by atoms with Crippen molar-refractivity contribution in [3.63, 3.8) is 0 Å². The molecule has 1 unspecified atom stereocenters. The van der Waals surface area contributed by atoms with Crippen LogP contribution in [0, 0.1) is 5.41 Å². The predicted molar refractivity (Wildman–Crippen MR) is 71.6 cm³/mol. The van der Waals surface area contributed by atoms with Crippen molar-refractivity contribution in [3.05, 3.63) is 0 Å². The molecular formula is C13H24Cl2O. The summed E-state index contributed by atoms with van der Waals surface area (Å²) >= 11 is 12.2. The van der Waals surface area contributed by atoms with Crippen molar-refractivity contribution in [2.45, 2.75) is 58.0 Å². The van der Waals surface area contributed by atoms with Gasteiger partial charge in [-0.3, -0.25) is 0 Å². The highest BCUT2D eigenvalue weighted by Crippen LogP contribution is 2.34. The zero-order valence-electron chi connectivity index (χ0n) is 10.3. The van der Waals surface area contributed by atoms with Gasteiger partial charge in [-0.2, -0.15) is 0 Å². The molecule has 0 spiro atoms. The molecule has 0 saturated carbocycles. The van der Waals surface area contributed by atoms with Crippen LogP contribution in [0.1, 0.15) is 51.9 Å². The quantitative estimate of drug-likeness (QED) is 0.584. The molecule has 0 aromatic heterocycles. The van der Waals surface area contributed by atoms with E-state index in [2.05, 4.69) is 6.92 Å². The lowest BCUT2D eigenvalue weighted by Gasteiger charge is -2.29. The summed E-state index contributed by atoms with van der Waals surface area (Å²) in [5.41, 5.74) is 0.163. The third kappa shape index (κ3) is 4.43. The number of halogens is 2. The van der Waals surface area contributed by atoms with E-state index in [9.17, 15) is 0 Å². The molecule has 0 bridgehead atoms. The lowest BCUT2D eigenvalue weighted by atomic mass is 9.82. The summed E-state index contributed by atoms with van der Waals surface area (Å²) < 4.78 is 5.63. The monoisotopic (exact) mass is 266 g/mol. The van der Waals surface area contributed by atoms with Crippen LogP contribution < -0.4 is 0 Å². The molecule has 1 fully saturated rings. The summed E-state index contributed by atoms with van der Waals surface area (Å²) in [5.74, 6) is 1.38. The third-order valence-corrected chi connectivity index (χ3v) is 4.74. The average molecular weight is 267 g/mol. The molecule has 0 aromatic rings. The molecule has 0 aliphatic carbocycles. The van der Waals surface area contributed by atoms with Gasteiger partial charge in [-0.1, -0.05) is 19.8 Å². The summed E-state index contributed by atoms with van der Waals surface area (Å²) in [6, 6.07) is 0. The Morgan fingerprint density at radius 2 is 2.00 bits per heavy atom. The molecule has 0 radical (unpaired) electrons. The van der Waals surface area contributed by atoms with E-state index in [1.165, 1.54) is 32.1 Å². The smallest absolute Gasteiger partial charge is 0.0576 e. The van der Waals surface area contributed by atoms with Crippen molar-refractivity contribution in [3.8, 4) is 0 Å². The van der Waals surface area contributed by atoms with Gasteiger partial charge < -0.3 is 4.74 Å². The van der Waals surface area contributed by atoms with Crippen LogP contribution in [0.3, 0.4) is 0 Å². The van der Waals surface area contributed by atoms with E-state index < -0.39 is 0 Å². The Hall–Kier alpha value is 0.540. The van der Waals surface area contributed by atoms with E-state index >= 15 is 0 Å². The van der Waals surface area contributed by atoms with Crippen molar-refractivity contribution in [2.24, 2.45) is 5.41 Å². The maximum Gasteiger partial charge on any atom is 0.0576 e. The van der Waals surface area contributed by atoms with Gasteiger partial charge in [0.25, 0.3) is 0 Å². The van der Waals surface area contributed by atoms with E-state index in [0.717, 1.165) is 19.4 Å². The molecule has 1 rings (SSSR count). The Kier molecular flexibility index (Phi) is 7.11. The highest BCUT2D eigenvalue weighted by atomic mass is 35.5. The minimum absolute atomic E-state index is 0.163. The van der Waals surface area contributed by atoms with Gasteiger partial charge in [-0.05, 0) is 37.5 Å². The summed E-state index contributed by atoms with van der Waals surface area (Å²) in [6.07, 6.45) is 8.81. The van der Waals surface area contributed by atoms with Crippen LogP contribution in [-0.2, 0) is 4.74 Å². The zero-order chi connectivity index (χ0) is 11.9. The molecule has 0 amide bonds. The number of rotatable bonds is 8. The Morgan fingerprint density at radius 3 is 2.50 bits per heavy atom. The van der Waals surface area contributed by atoms with Crippen molar-refractivity contribution in [1.29, 1.82) is 0 Å². The van der Waals surface area contributed by atoms with E-state index in [1.807, 2.05) is 0 Å². The predicted octanol–water partition coefficient (Wildman–Crippen LogP) is 4.60. The van der Waals surface area contributed by atoms with Crippen LogP contribution in [0.5, 0.6) is 0 Å². The first-order chi connectivity index (χ1) is 7.76. The first-order valence-electron chi connectivity index (χ1n) is 6.50. The second kappa shape index (κ2) is 7.79. The molecule has 16 heavy (non-hydrogen) atoms. The van der Waals surface area contributed by atoms with Gasteiger partial charge in [-0.25, -0.2) is 0 Å². The van der Waals surface area contributed by atoms with Gasteiger partial charge in [0.1, 0.15) is 0 Å². The maximum absolute atomic E-state index is 6.08. The molecule has 3 heteroatoms. The van der Waals surface area contributed by atoms with Gasteiger partial charge in [-0.15, -0.1) is 23.2 Å². The second-order valence-electron chi connectivity index (χ2n) is 5.04. The molecule has 1 atom stereocenters. The van der Waals surface area contributed by atoms with Gasteiger partial charge in [0.05, 0.1) is 6.10 Å². The fourth-order valence-electron chi connectivity index (χ4n) is 2.54. The molecule has 0 N–H and O–H groups in total. The standard InChI is InChI=1S/C13H24Cl2O/c1-2-7-13(10-14,11-15)8-3-5-12-6-4-9-16-12/h12H,2-11H2,1H3. The largest absolute Gasteiger partial charge is 0.378 e. The molecule has 1 saturated heterocycles. The Morgan fingerprint density at radius 1 is 1.25 bits per heavy atom. The SMILES string of the molecule is CCCC(CCl)(CCl)CCCC1CCCO1. The first kappa shape index (κ1) is 14.6. The van der Waals surface area contributed by atoms with Crippen LogP contribution in [0.4, 0.5) is 0 Å². The Bertz CT molecular complexity index is 175. The molecule has 1 heterocycles. The lowest BCUT2D eigenvalue weighted by Crippen LogP contribution is -2.25. The van der Waals surface area contributed by atoms with Crippen LogP contribution in [0.2, 0.25) is 0 Å². The third-order valence-electron chi connectivity index (χ3n) is 3.60. The van der Waals surface area contributed by atoms with Crippen molar-refractivity contribution >= 4 is 23.2 Å². The van der Waals surface area contributed by atoms with Crippen molar-refractivity contribution in [2.75, 3.05) is 18.4 Å². The average Bonchev–Trinajstić information content (AvgIpc) is 2.81. The molecule has 1 aliphatic heterocycles. The first-order valence-corrected chi connectivity index (χ1v) is 7.57. The molecule has 1 aliphatic rings. The van der Waals surface area contributed by atoms with Gasteiger partial charge in [0.15, 0.2) is 0 Å². The maximum atomic E-state index is 6.08. The second-order valence-corrected chi connectivity index (χ2v) is 5.58. The van der Waals surface area contributed by atoms with Gasteiger partial charge in [0.2, 0.25) is 0 Å². The minimum Gasteiger partial charge on any atom is -0.378 e. The number of hydrogen-bond donors (Lipinski definition) is 0. The highest BCUT2D eigenvalue weighted by Gasteiger charge is 2.27. The van der Waals surface area contributed by atoms with E-state index in [1.54, 1.807) is 0 Å². The minimum atomic E-state index is 0.163. The van der Waals surface area contributed by atoms with Crippen molar-refractivity contribution < 1.29 is 4.74 Å². The topological polar surface area (TPSA) is 9.23 Å². The summed E-state index contributed by atoms with van der Waals surface area (Å²) in [6.45, 7) is 3.16. The van der Waals surface area contributed by atoms with E-state index in [-0.39, 0.29) is 5.41 Å². The zero-order valence-corrected chi connectivity index (χ0v) is 11.8. The summed E-state index contributed by atoms with van der Waals surface area (Å²) in [5, 5.41) is 0. The van der Waals surface area contributed by atoms with Crippen LogP contribution in [0.15, 0.2) is 0 Å². The fourth-order valence-corrected chi connectivity index (χ4v) is 3.36. The van der Waals surface area contributed by atoms with Gasteiger partial charge >= 0.3 is 0 Å². The van der Waals surface area contributed by atoms with Crippen LogP contribution >= 0.6 is 23.2 Å². The van der Waals surface area contributed by atoms with Crippen molar-refractivity contribution in [1.82, 2.24) is 0 Å². The summed E-state index contributed by atoms with van der Waals surface area (Å²) in [7, 11) is 0. The molecule has 1 nitrogen and oxygen atoms in total. The fraction of sp³-hybridized carbons (Fsp3) is 1.00. The van der Waals surface area contributed by atoms with E-state index in [4.69, 9.17) is 27.9 Å². The highest BCUT2D eigenvalue weighted by molar-refractivity contribution is 6.21. The molecule has 96 valence electrons. The normalized spacial score (nSPS) is 21.6. The molecular weight excluding hydrogens is 243 g/mol. The van der Waals surface area contributed by atoms with E-state index in [0.29, 0.717) is 17.9 Å². The number of ether oxygens (including phenoxy) is 1. The molecule has 0 aromatic carbocycles.